The van der Waals surface area contributed by atoms with E-state index < -0.39 is 5.60 Å². The quantitative estimate of drug-likeness (QED) is 0.919. The number of halogens is 1. The van der Waals surface area contributed by atoms with E-state index in [1.165, 1.54) is 16.8 Å². The summed E-state index contributed by atoms with van der Waals surface area (Å²) in [5.41, 5.74) is 3.24. The maximum absolute atomic E-state index is 11.2. The van der Waals surface area contributed by atoms with Gasteiger partial charge in [-0.25, -0.2) is 0 Å². The third-order valence-electron chi connectivity index (χ3n) is 4.81. The Kier molecular flexibility index (Phi) is 3.68. The molecule has 2 aromatic carbocycles. The van der Waals surface area contributed by atoms with Gasteiger partial charge < -0.3 is 10.0 Å². The molecule has 0 saturated carbocycles. The number of rotatable bonds is 2. The first-order valence-corrected chi connectivity index (χ1v) is 7.36. The van der Waals surface area contributed by atoms with Crippen LogP contribution in [0.1, 0.15) is 23.5 Å². The van der Waals surface area contributed by atoms with Crippen molar-refractivity contribution >= 4 is 18.1 Å². The van der Waals surface area contributed by atoms with Gasteiger partial charge in [-0.05, 0) is 23.6 Å². The second-order valence-electron chi connectivity index (χ2n) is 6.09. The lowest BCUT2D eigenvalue weighted by molar-refractivity contribution is -0.000929. The van der Waals surface area contributed by atoms with Crippen molar-refractivity contribution in [2.24, 2.45) is 0 Å². The number of anilines is 1. The minimum atomic E-state index is -0.631. The molecule has 2 nitrogen and oxygen atoms in total. The molecule has 1 saturated heterocycles. The van der Waals surface area contributed by atoms with Crippen LogP contribution in [0.4, 0.5) is 5.69 Å². The molecule has 1 fully saturated rings. The summed E-state index contributed by atoms with van der Waals surface area (Å²) in [7, 11) is 0. The molecule has 3 aliphatic heterocycles. The fourth-order valence-electron chi connectivity index (χ4n) is 3.92. The molecule has 2 unspecified atom stereocenters. The Morgan fingerprint density at radius 3 is 2.57 bits per heavy atom. The number of hydrogen-bond acceptors (Lipinski definition) is 2. The Hall–Kier alpha value is -1.51. The molecule has 3 heterocycles. The third-order valence-corrected chi connectivity index (χ3v) is 4.81. The summed E-state index contributed by atoms with van der Waals surface area (Å²) in [4.78, 5) is 2.35. The topological polar surface area (TPSA) is 23.5 Å². The molecule has 2 bridgehead atoms. The van der Waals surface area contributed by atoms with Gasteiger partial charge >= 0.3 is 0 Å². The normalized spacial score (nSPS) is 26.1. The van der Waals surface area contributed by atoms with Gasteiger partial charge in [0, 0.05) is 31.1 Å². The van der Waals surface area contributed by atoms with E-state index >= 15 is 0 Å². The predicted octanol–water partition coefficient (Wildman–Crippen LogP) is 3.39. The second kappa shape index (κ2) is 5.36. The number of para-hydroxylation sites is 1. The van der Waals surface area contributed by atoms with Gasteiger partial charge in [0.1, 0.15) is 0 Å². The molecule has 0 aromatic heterocycles. The lowest BCUT2D eigenvalue weighted by Gasteiger charge is -2.52. The first-order chi connectivity index (χ1) is 9.76. The van der Waals surface area contributed by atoms with Crippen LogP contribution in [0.3, 0.4) is 0 Å². The average molecular weight is 302 g/mol. The highest BCUT2D eigenvalue weighted by Crippen LogP contribution is 2.48. The van der Waals surface area contributed by atoms with Crippen LogP contribution in [0.5, 0.6) is 0 Å². The van der Waals surface area contributed by atoms with Gasteiger partial charge in [0.05, 0.1) is 5.60 Å². The maximum Gasteiger partial charge on any atom is 0.0931 e. The van der Waals surface area contributed by atoms with Crippen molar-refractivity contribution in [2.75, 3.05) is 18.0 Å². The maximum atomic E-state index is 11.2. The number of piperidine rings is 1. The number of fused-ring (bicyclic) bond motifs is 2. The predicted molar refractivity (Wildman–Crippen MR) is 88.4 cm³/mol. The van der Waals surface area contributed by atoms with Gasteiger partial charge in [-0.15, -0.1) is 12.4 Å². The zero-order valence-electron chi connectivity index (χ0n) is 11.9. The molecular weight excluding hydrogens is 282 g/mol. The zero-order valence-corrected chi connectivity index (χ0v) is 12.7. The average Bonchev–Trinajstić information content (AvgIpc) is 2.48. The Morgan fingerprint density at radius 2 is 1.76 bits per heavy atom. The monoisotopic (exact) mass is 301 g/mol. The van der Waals surface area contributed by atoms with Gasteiger partial charge in [0.2, 0.25) is 0 Å². The van der Waals surface area contributed by atoms with E-state index in [-0.39, 0.29) is 18.3 Å². The summed E-state index contributed by atoms with van der Waals surface area (Å²) in [5, 5.41) is 11.2. The number of aliphatic hydroxyl groups is 1. The summed E-state index contributed by atoms with van der Waals surface area (Å²) in [6.07, 6.45) is 1.80. The van der Waals surface area contributed by atoms with Crippen molar-refractivity contribution in [1.82, 2.24) is 0 Å². The summed E-state index contributed by atoms with van der Waals surface area (Å²) >= 11 is 0. The van der Waals surface area contributed by atoms with Crippen molar-refractivity contribution in [1.29, 1.82) is 0 Å². The van der Waals surface area contributed by atoms with E-state index in [0.29, 0.717) is 0 Å². The van der Waals surface area contributed by atoms with Crippen LogP contribution in [0.2, 0.25) is 0 Å². The van der Waals surface area contributed by atoms with E-state index in [2.05, 4.69) is 41.3 Å². The highest BCUT2D eigenvalue weighted by molar-refractivity contribution is 5.85. The lowest BCUT2D eigenvalue weighted by atomic mass is 9.70. The molecule has 3 aliphatic rings. The summed E-state index contributed by atoms with van der Waals surface area (Å²) in [6, 6.07) is 18.9. The van der Waals surface area contributed by atoms with Crippen molar-refractivity contribution in [3.8, 4) is 0 Å². The molecule has 0 aliphatic carbocycles. The van der Waals surface area contributed by atoms with E-state index in [0.717, 1.165) is 25.9 Å². The molecule has 3 heteroatoms. The van der Waals surface area contributed by atoms with E-state index in [9.17, 15) is 5.11 Å². The second-order valence-corrected chi connectivity index (χ2v) is 6.09. The highest BCUT2D eigenvalue weighted by atomic mass is 35.5. The summed E-state index contributed by atoms with van der Waals surface area (Å²) < 4.78 is 0. The number of benzene rings is 2. The Morgan fingerprint density at radius 1 is 1.05 bits per heavy atom. The van der Waals surface area contributed by atoms with Gasteiger partial charge in [-0.3, -0.25) is 0 Å². The molecule has 0 amide bonds. The molecular formula is C18H20ClNO. The first-order valence-electron chi connectivity index (χ1n) is 7.36. The van der Waals surface area contributed by atoms with Crippen LogP contribution in [0, 0.1) is 0 Å². The Bertz CT molecular complexity index is 630. The smallest absolute Gasteiger partial charge is 0.0931 e. The Labute approximate surface area is 131 Å². The van der Waals surface area contributed by atoms with Crippen LogP contribution in [-0.4, -0.2) is 23.8 Å². The zero-order chi connectivity index (χ0) is 13.6. The van der Waals surface area contributed by atoms with Crippen molar-refractivity contribution < 1.29 is 5.11 Å². The molecule has 21 heavy (non-hydrogen) atoms. The van der Waals surface area contributed by atoms with E-state index in [1.54, 1.807) is 0 Å². The fourth-order valence-corrected chi connectivity index (χ4v) is 3.92. The standard InChI is InChI=1S/C18H19NO.ClH/c20-18(12-14-6-2-1-3-7-14)13-19-11-10-16(18)15-8-4-5-9-17(15)19;/h1-9,16,20H,10-13H2;1H. The fraction of sp³-hybridized carbons (Fsp3) is 0.333. The van der Waals surface area contributed by atoms with E-state index in [4.69, 9.17) is 0 Å². The molecule has 0 radical (unpaired) electrons. The molecule has 110 valence electrons. The summed E-state index contributed by atoms with van der Waals surface area (Å²) in [5.74, 6) is 0.268. The number of nitrogens with zero attached hydrogens (tertiary/aromatic N) is 1. The molecule has 2 atom stereocenters. The van der Waals surface area contributed by atoms with Gasteiger partial charge in [-0.2, -0.15) is 0 Å². The van der Waals surface area contributed by atoms with Gasteiger partial charge in [0.25, 0.3) is 0 Å². The minimum absolute atomic E-state index is 0. The number of hydrogen-bond donors (Lipinski definition) is 1. The Balaban J connectivity index is 0.00000132. The summed E-state index contributed by atoms with van der Waals surface area (Å²) in [6.45, 7) is 1.82. The van der Waals surface area contributed by atoms with Crippen molar-refractivity contribution in [3.05, 3.63) is 65.7 Å². The van der Waals surface area contributed by atoms with E-state index in [1.807, 2.05) is 18.2 Å². The lowest BCUT2D eigenvalue weighted by Crippen LogP contribution is -2.58. The molecule has 5 rings (SSSR count). The molecule has 2 aromatic rings. The first kappa shape index (κ1) is 14.4. The molecule has 1 N–H and O–H groups in total. The van der Waals surface area contributed by atoms with Crippen LogP contribution in [0.15, 0.2) is 54.6 Å². The molecule has 0 spiro atoms. The van der Waals surface area contributed by atoms with Crippen LogP contribution >= 0.6 is 12.4 Å². The van der Waals surface area contributed by atoms with Crippen LogP contribution in [-0.2, 0) is 6.42 Å². The largest absolute Gasteiger partial charge is 0.387 e. The van der Waals surface area contributed by atoms with Crippen LogP contribution < -0.4 is 4.90 Å². The SMILES string of the molecule is Cl.OC1(Cc2ccccc2)CN2CCC1c1ccccc12. The van der Waals surface area contributed by atoms with Crippen LogP contribution in [0.25, 0.3) is 0 Å². The van der Waals surface area contributed by atoms with Crippen molar-refractivity contribution in [3.63, 3.8) is 0 Å². The van der Waals surface area contributed by atoms with Crippen molar-refractivity contribution in [2.45, 2.75) is 24.4 Å². The van der Waals surface area contributed by atoms with Gasteiger partial charge in [-0.1, -0.05) is 48.5 Å². The third kappa shape index (κ3) is 2.33. The highest BCUT2D eigenvalue weighted by Gasteiger charge is 2.47. The van der Waals surface area contributed by atoms with Gasteiger partial charge in [0.15, 0.2) is 0 Å². The minimum Gasteiger partial charge on any atom is -0.387 e.